The molecule has 0 aromatic rings. The second-order valence-electron chi connectivity index (χ2n) is 3.85. The first-order valence-corrected chi connectivity index (χ1v) is 5.56. The van der Waals surface area contributed by atoms with Gasteiger partial charge in [-0.3, -0.25) is 4.79 Å². The van der Waals surface area contributed by atoms with Crippen LogP contribution >= 0.6 is 0 Å². The first-order valence-electron chi connectivity index (χ1n) is 5.56. The standard InChI is InChI=1S/C11H19NO2/c13-10-6-5-9-12-8-4-2-1-3-7-11(12)14/h10H,1-9H2. The number of nitrogens with zero attached hydrogens (tertiary/aromatic N) is 1. The Kier molecular flexibility index (Phi) is 5.27. The van der Waals surface area contributed by atoms with Crippen molar-refractivity contribution in [2.24, 2.45) is 0 Å². The van der Waals surface area contributed by atoms with Gasteiger partial charge in [0.25, 0.3) is 0 Å². The van der Waals surface area contributed by atoms with Gasteiger partial charge in [-0.05, 0) is 19.3 Å². The number of hydrogen-bond acceptors (Lipinski definition) is 2. The number of amides is 1. The van der Waals surface area contributed by atoms with Gasteiger partial charge >= 0.3 is 0 Å². The van der Waals surface area contributed by atoms with Crippen molar-refractivity contribution in [3.05, 3.63) is 0 Å². The zero-order chi connectivity index (χ0) is 10.2. The van der Waals surface area contributed by atoms with E-state index in [0.29, 0.717) is 12.8 Å². The van der Waals surface area contributed by atoms with Gasteiger partial charge in [0, 0.05) is 25.9 Å². The van der Waals surface area contributed by atoms with Crippen LogP contribution in [-0.2, 0) is 9.59 Å². The average molecular weight is 197 g/mol. The van der Waals surface area contributed by atoms with Crippen molar-refractivity contribution >= 4 is 12.2 Å². The highest BCUT2D eigenvalue weighted by atomic mass is 16.2. The van der Waals surface area contributed by atoms with Crippen LogP contribution in [0.4, 0.5) is 0 Å². The molecule has 1 amide bonds. The fourth-order valence-corrected chi connectivity index (χ4v) is 1.82. The molecule has 0 radical (unpaired) electrons. The minimum absolute atomic E-state index is 0.274. The summed E-state index contributed by atoms with van der Waals surface area (Å²) >= 11 is 0. The maximum absolute atomic E-state index is 11.6. The molecule has 0 unspecified atom stereocenters. The number of rotatable bonds is 4. The van der Waals surface area contributed by atoms with Crippen molar-refractivity contribution < 1.29 is 9.59 Å². The lowest BCUT2D eigenvalue weighted by molar-refractivity contribution is -0.132. The fraction of sp³-hybridized carbons (Fsp3) is 0.818. The molecule has 80 valence electrons. The van der Waals surface area contributed by atoms with Gasteiger partial charge in [0.05, 0.1) is 0 Å². The Bertz CT molecular complexity index is 192. The molecular formula is C11H19NO2. The molecule has 0 aliphatic carbocycles. The fourth-order valence-electron chi connectivity index (χ4n) is 1.82. The molecule has 0 spiro atoms. The van der Waals surface area contributed by atoms with Crippen LogP contribution in [0.3, 0.4) is 0 Å². The van der Waals surface area contributed by atoms with E-state index in [2.05, 4.69) is 0 Å². The van der Waals surface area contributed by atoms with Gasteiger partial charge in [-0.1, -0.05) is 12.8 Å². The second-order valence-corrected chi connectivity index (χ2v) is 3.85. The van der Waals surface area contributed by atoms with Crippen molar-refractivity contribution in [1.82, 2.24) is 4.90 Å². The van der Waals surface area contributed by atoms with E-state index in [0.717, 1.165) is 38.6 Å². The van der Waals surface area contributed by atoms with Gasteiger partial charge in [0.1, 0.15) is 6.29 Å². The third-order valence-electron chi connectivity index (χ3n) is 2.67. The first-order chi connectivity index (χ1) is 6.84. The summed E-state index contributed by atoms with van der Waals surface area (Å²) in [5, 5.41) is 0. The molecule has 1 fully saturated rings. The molecular weight excluding hydrogens is 178 g/mol. The van der Waals surface area contributed by atoms with Crippen LogP contribution < -0.4 is 0 Å². The molecule has 0 atom stereocenters. The highest BCUT2D eigenvalue weighted by Crippen LogP contribution is 2.11. The third-order valence-corrected chi connectivity index (χ3v) is 2.67. The molecule has 1 aliphatic rings. The van der Waals surface area contributed by atoms with Crippen molar-refractivity contribution in [3.63, 3.8) is 0 Å². The van der Waals surface area contributed by atoms with E-state index in [1.807, 2.05) is 4.90 Å². The van der Waals surface area contributed by atoms with Crippen LogP contribution in [0, 0.1) is 0 Å². The van der Waals surface area contributed by atoms with Crippen LogP contribution in [0.25, 0.3) is 0 Å². The summed E-state index contributed by atoms with van der Waals surface area (Å²) in [6, 6.07) is 0. The van der Waals surface area contributed by atoms with Gasteiger partial charge in [-0.2, -0.15) is 0 Å². The Labute approximate surface area is 85.5 Å². The SMILES string of the molecule is O=CCCCN1CCCCCCC1=O. The third kappa shape index (κ3) is 3.90. The maximum Gasteiger partial charge on any atom is 0.222 e. The van der Waals surface area contributed by atoms with E-state index in [-0.39, 0.29) is 5.91 Å². The van der Waals surface area contributed by atoms with Crippen LogP contribution in [-0.4, -0.2) is 30.2 Å². The molecule has 1 saturated heterocycles. The Morgan fingerprint density at radius 1 is 1.21 bits per heavy atom. The molecule has 1 heterocycles. The van der Waals surface area contributed by atoms with Crippen LogP contribution in [0.15, 0.2) is 0 Å². The molecule has 3 nitrogen and oxygen atoms in total. The summed E-state index contributed by atoms with van der Waals surface area (Å²) < 4.78 is 0. The average Bonchev–Trinajstić information content (AvgIpc) is 2.17. The van der Waals surface area contributed by atoms with E-state index in [4.69, 9.17) is 0 Å². The van der Waals surface area contributed by atoms with Gasteiger partial charge in [-0.15, -0.1) is 0 Å². The molecule has 3 heteroatoms. The summed E-state index contributed by atoms with van der Waals surface area (Å²) in [5.41, 5.74) is 0. The van der Waals surface area contributed by atoms with Crippen LogP contribution in [0.2, 0.25) is 0 Å². The smallest absolute Gasteiger partial charge is 0.222 e. The lowest BCUT2D eigenvalue weighted by Crippen LogP contribution is -2.33. The molecule has 1 aliphatic heterocycles. The number of unbranched alkanes of at least 4 members (excludes halogenated alkanes) is 1. The van der Waals surface area contributed by atoms with Gasteiger partial charge < -0.3 is 9.69 Å². The van der Waals surface area contributed by atoms with Crippen molar-refractivity contribution in [2.75, 3.05) is 13.1 Å². The van der Waals surface area contributed by atoms with Crippen molar-refractivity contribution in [2.45, 2.75) is 44.9 Å². The van der Waals surface area contributed by atoms with Crippen molar-refractivity contribution in [3.8, 4) is 0 Å². The second kappa shape index (κ2) is 6.57. The van der Waals surface area contributed by atoms with E-state index in [9.17, 15) is 9.59 Å². The minimum Gasteiger partial charge on any atom is -0.343 e. The molecule has 0 saturated carbocycles. The minimum atomic E-state index is 0.274. The summed E-state index contributed by atoms with van der Waals surface area (Å²) in [6.45, 7) is 1.65. The lowest BCUT2D eigenvalue weighted by Gasteiger charge is -2.24. The largest absolute Gasteiger partial charge is 0.343 e. The number of carbonyl (C=O) groups excluding carboxylic acids is 2. The summed E-state index contributed by atoms with van der Waals surface area (Å²) in [7, 11) is 0. The zero-order valence-corrected chi connectivity index (χ0v) is 8.71. The molecule has 0 N–H and O–H groups in total. The van der Waals surface area contributed by atoms with E-state index >= 15 is 0 Å². The van der Waals surface area contributed by atoms with E-state index in [1.165, 1.54) is 12.8 Å². The van der Waals surface area contributed by atoms with E-state index < -0.39 is 0 Å². The Morgan fingerprint density at radius 2 is 2.00 bits per heavy atom. The molecule has 14 heavy (non-hydrogen) atoms. The van der Waals surface area contributed by atoms with E-state index in [1.54, 1.807) is 0 Å². The normalized spacial score (nSPS) is 18.9. The van der Waals surface area contributed by atoms with Crippen LogP contribution in [0.1, 0.15) is 44.9 Å². The van der Waals surface area contributed by atoms with Crippen molar-refractivity contribution in [1.29, 1.82) is 0 Å². The Morgan fingerprint density at radius 3 is 2.79 bits per heavy atom. The topological polar surface area (TPSA) is 37.4 Å². The molecule has 0 aromatic carbocycles. The van der Waals surface area contributed by atoms with Gasteiger partial charge in [0.15, 0.2) is 0 Å². The summed E-state index contributed by atoms with van der Waals surface area (Å²) in [5.74, 6) is 0.274. The first kappa shape index (κ1) is 11.2. The molecule has 0 aromatic heterocycles. The Hall–Kier alpha value is -0.860. The quantitative estimate of drug-likeness (QED) is 0.508. The van der Waals surface area contributed by atoms with Gasteiger partial charge in [-0.25, -0.2) is 0 Å². The number of aldehydes is 1. The zero-order valence-electron chi connectivity index (χ0n) is 8.71. The highest BCUT2D eigenvalue weighted by Gasteiger charge is 2.14. The monoisotopic (exact) mass is 197 g/mol. The lowest BCUT2D eigenvalue weighted by atomic mass is 10.1. The number of hydrogen-bond donors (Lipinski definition) is 0. The summed E-state index contributed by atoms with van der Waals surface area (Å²) in [6.07, 6.45) is 7.58. The maximum atomic E-state index is 11.6. The predicted octanol–water partition coefficient (Wildman–Crippen LogP) is 1.76. The molecule has 0 bridgehead atoms. The summed E-state index contributed by atoms with van der Waals surface area (Å²) in [4.78, 5) is 23.7. The number of likely N-dealkylation sites (tertiary alicyclic amines) is 1. The van der Waals surface area contributed by atoms with Gasteiger partial charge in [0.2, 0.25) is 5.91 Å². The number of carbonyl (C=O) groups is 2. The Balaban J connectivity index is 2.29. The molecule has 1 rings (SSSR count). The van der Waals surface area contributed by atoms with Crippen LogP contribution in [0.5, 0.6) is 0 Å². The predicted molar refractivity (Wildman–Crippen MR) is 55.0 cm³/mol. The highest BCUT2D eigenvalue weighted by molar-refractivity contribution is 5.76.